The van der Waals surface area contributed by atoms with Gasteiger partial charge in [0.1, 0.15) is 10.7 Å². The monoisotopic (exact) mass is 492 g/mol. The molecule has 33 heavy (non-hydrogen) atoms. The number of nitrogens with zero attached hydrogens (tertiary/aromatic N) is 3. The SMILES string of the molecule is COc1ccc(S(=O)(=O)N2CCC(C(=O)Nn3c(C)nc4sccc4c3=O)CC2)cc1OC. The highest BCUT2D eigenvalue weighted by Crippen LogP contribution is 2.32. The number of piperidine rings is 1. The number of rotatable bonds is 6. The van der Waals surface area contributed by atoms with Gasteiger partial charge < -0.3 is 9.47 Å². The Kier molecular flexibility index (Phi) is 6.41. The van der Waals surface area contributed by atoms with Crippen LogP contribution in [0.25, 0.3) is 10.2 Å². The van der Waals surface area contributed by atoms with Gasteiger partial charge in [0.25, 0.3) is 5.56 Å². The molecule has 1 fully saturated rings. The van der Waals surface area contributed by atoms with Crippen LogP contribution in [0, 0.1) is 12.8 Å². The Morgan fingerprint density at radius 2 is 1.85 bits per heavy atom. The third-order valence-corrected chi connectivity index (χ3v) is 8.41. The molecule has 10 nitrogen and oxygen atoms in total. The van der Waals surface area contributed by atoms with E-state index in [1.165, 1.54) is 42.0 Å². The van der Waals surface area contributed by atoms with E-state index in [-0.39, 0.29) is 29.5 Å². The van der Waals surface area contributed by atoms with Gasteiger partial charge >= 0.3 is 0 Å². The molecule has 176 valence electrons. The largest absolute Gasteiger partial charge is 0.493 e. The molecule has 1 amide bonds. The van der Waals surface area contributed by atoms with Crippen molar-refractivity contribution in [1.82, 2.24) is 14.0 Å². The van der Waals surface area contributed by atoms with Crippen molar-refractivity contribution >= 4 is 37.5 Å². The van der Waals surface area contributed by atoms with Gasteiger partial charge in [0.05, 0.1) is 24.5 Å². The van der Waals surface area contributed by atoms with Gasteiger partial charge in [0.2, 0.25) is 15.9 Å². The summed E-state index contributed by atoms with van der Waals surface area (Å²) in [5, 5.41) is 2.22. The maximum atomic E-state index is 13.1. The molecule has 3 heterocycles. The average molecular weight is 493 g/mol. The van der Waals surface area contributed by atoms with Crippen molar-refractivity contribution in [2.24, 2.45) is 5.92 Å². The van der Waals surface area contributed by atoms with E-state index < -0.39 is 15.9 Å². The number of ether oxygens (including phenoxy) is 2. The second-order valence-corrected chi connectivity index (χ2v) is 10.4. The van der Waals surface area contributed by atoms with Crippen LogP contribution in [0.5, 0.6) is 11.5 Å². The van der Waals surface area contributed by atoms with Crippen molar-refractivity contribution in [2.75, 3.05) is 32.7 Å². The molecule has 0 radical (unpaired) electrons. The minimum Gasteiger partial charge on any atom is -0.493 e. The first-order chi connectivity index (χ1) is 15.8. The van der Waals surface area contributed by atoms with Crippen LogP contribution < -0.4 is 20.5 Å². The Bertz CT molecular complexity index is 1360. The summed E-state index contributed by atoms with van der Waals surface area (Å²) < 4.78 is 39.1. The number of fused-ring (bicyclic) bond motifs is 1. The minimum absolute atomic E-state index is 0.0976. The highest BCUT2D eigenvalue weighted by atomic mass is 32.2. The predicted octanol–water partition coefficient (Wildman–Crippen LogP) is 1.95. The topological polar surface area (TPSA) is 120 Å². The summed E-state index contributed by atoms with van der Waals surface area (Å²) in [6.45, 7) is 2.02. The Balaban J connectivity index is 1.45. The number of hydrogen-bond acceptors (Lipinski definition) is 8. The predicted molar refractivity (Wildman–Crippen MR) is 124 cm³/mol. The van der Waals surface area contributed by atoms with Crippen molar-refractivity contribution < 1.29 is 22.7 Å². The Labute approximate surface area is 194 Å². The van der Waals surface area contributed by atoms with Gasteiger partial charge in [0.15, 0.2) is 11.5 Å². The van der Waals surface area contributed by atoms with Crippen molar-refractivity contribution in [1.29, 1.82) is 0 Å². The van der Waals surface area contributed by atoms with Crippen LogP contribution in [0.4, 0.5) is 0 Å². The van der Waals surface area contributed by atoms with E-state index >= 15 is 0 Å². The van der Waals surface area contributed by atoms with Gasteiger partial charge in [-0.05, 0) is 43.3 Å². The number of thiophene rings is 1. The van der Waals surface area contributed by atoms with Gasteiger partial charge in [-0.25, -0.2) is 18.1 Å². The molecule has 0 unspecified atom stereocenters. The molecule has 1 aromatic carbocycles. The Morgan fingerprint density at radius 3 is 2.52 bits per heavy atom. The van der Waals surface area contributed by atoms with E-state index in [9.17, 15) is 18.0 Å². The van der Waals surface area contributed by atoms with Crippen molar-refractivity contribution in [3.05, 3.63) is 45.8 Å². The number of methoxy groups -OCH3 is 2. The van der Waals surface area contributed by atoms with E-state index in [2.05, 4.69) is 10.4 Å². The number of sulfonamides is 1. The first kappa shape index (κ1) is 23.2. The van der Waals surface area contributed by atoms with E-state index in [4.69, 9.17) is 9.47 Å². The smallest absolute Gasteiger partial charge is 0.281 e. The molecule has 0 bridgehead atoms. The van der Waals surface area contributed by atoms with E-state index in [1.54, 1.807) is 24.4 Å². The summed E-state index contributed by atoms with van der Waals surface area (Å²) in [7, 11) is -0.837. The van der Waals surface area contributed by atoms with Crippen LogP contribution in [0.1, 0.15) is 18.7 Å². The van der Waals surface area contributed by atoms with Crippen LogP contribution >= 0.6 is 11.3 Å². The lowest BCUT2D eigenvalue weighted by molar-refractivity contribution is -0.121. The Hall–Kier alpha value is -2.96. The molecule has 2 aromatic heterocycles. The molecule has 1 N–H and O–H groups in total. The summed E-state index contributed by atoms with van der Waals surface area (Å²) in [6, 6.07) is 6.12. The molecule has 3 aromatic rings. The summed E-state index contributed by atoms with van der Waals surface area (Å²) in [5.41, 5.74) is 2.32. The van der Waals surface area contributed by atoms with Gasteiger partial charge in [-0.2, -0.15) is 4.31 Å². The lowest BCUT2D eigenvalue weighted by Crippen LogP contribution is -2.44. The zero-order valence-corrected chi connectivity index (χ0v) is 20.0. The number of carbonyl (C=O) groups is 1. The van der Waals surface area contributed by atoms with Crippen LogP contribution in [-0.2, 0) is 14.8 Å². The second-order valence-electron chi connectivity index (χ2n) is 7.61. The summed E-state index contributed by atoms with van der Waals surface area (Å²) in [4.78, 5) is 30.6. The second kappa shape index (κ2) is 9.12. The number of amides is 1. The quantitative estimate of drug-likeness (QED) is 0.558. The van der Waals surface area contributed by atoms with E-state index in [0.29, 0.717) is 40.4 Å². The molecular weight excluding hydrogens is 468 g/mol. The molecule has 0 spiro atoms. The minimum atomic E-state index is -3.76. The highest BCUT2D eigenvalue weighted by Gasteiger charge is 2.33. The molecule has 12 heteroatoms. The van der Waals surface area contributed by atoms with Crippen molar-refractivity contribution in [3.63, 3.8) is 0 Å². The third-order valence-electron chi connectivity index (χ3n) is 5.70. The van der Waals surface area contributed by atoms with Crippen LogP contribution in [0.15, 0.2) is 39.3 Å². The first-order valence-electron chi connectivity index (χ1n) is 10.3. The number of hydrogen-bond donors (Lipinski definition) is 1. The molecule has 0 saturated carbocycles. The molecule has 1 aliphatic heterocycles. The summed E-state index contributed by atoms with van der Waals surface area (Å²) in [5.74, 6) is 0.389. The lowest BCUT2D eigenvalue weighted by Gasteiger charge is -2.30. The molecule has 0 atom stereocenters. The molecule has 0 aliphatic carbocycles. The first-order valence-corrected chi connectivity index (χ1v) is 12.6. The van der Waals surface area contributed by atoms with Gasteiger partial charge in [-0.3, -0.25) is 15.0 Å². The van der Waals surface area contributed by atoms with Gasteiger partial charge in [0, 0.05) is 25.1 Å². The standard InChI is InChI=1S/C21H24N4O6S2/c1-13-22-20-16(8-11-32-20)21(27)25(13)23-19(26)14-6-9-24(10-7-14)33(28,29)15-4-5-17(30-2)18(12-15)31-3/h4-5,8,11-12,14H,6-7,9-10H2,1-3H3,(H,23,26). The number of benzene rings is 1. The van der Waals surface area contributed by atoms with Crippen molar-refractivity contribution in [3.8, 4) is 11.5 Å². The fourth-order valence-corrected chi connectivity index (χ4v) is 6.12. The molecule has 4 rings (SSSR count). The molecule has 1 saturated heterocycles. The maximum Gasteiger partial charge on any atom is 0.281 e. The number of aromatic nitrogens is 2. The average Bonchev–Trinajstić information content (AvgIpc) is 3.29. The normalized spacial score (nSPS) is 15.5. The van der Waals surface area contributed by atoms with Gasteiger partial charge in [-0.1, -0.05) is 0 Å². The summed E-state index contributed by atoms with van der Waals surface area (Å²) in [6.07, 6.45) is 0.667. The summed E-state index contributed by atoms with van der Waals surface area (Å²) >= 11 is 1.36. The van der Waals surface area contributed by atoms with E-state index in [1.807, 2.05) is 0 Å². The lowest BCUT2D eigenvalue weighted by atomic mass is 9.98. The Morgan fingerprint density at radius 1 is 1.15 bits per heavy atom. The third kappa shape index (κ3) is 4.33. The highest BCUT2D eigenvalue weighted by molar-refractivity contribution is 7.89. The zero-order chi connectivity index (χ0) is 23.8. The van der Waals surface area contributed by atoms with E-state index in [0.717, 1.165) is 4.68 Å². The molecule has 1 aliphatic rings. The van der Waals surface area contributed by atoms with Crippen LogP contribution in [0.3, 0.4) is 0 Å². The van der Waals surface area contributed by atoms with Crippen LogP contribution in [-0.4, -0.2) is 55.6 Å². The zero-order valence-electron chi connectivity index (χ0n) is 18.4. The number of nitrogens with one attached hydrogen (secondary N) is 1. The van der Waals surface area contributed by atoms with Crippen LogP contribution in [0.2, 0.25) is 0 Å². The van der Waals surface area contributed by atoms with Gasteiger partial charge in [-0.15, -0.1) is 11.3 Å². The number of aryl methyl sites for hydroxylation is 1. The fraction of sp³-hybridized carbons (Fsp3) is 0.381. The van der Waals surface area contributed by atoms with Crippen molar-refractivity contribution in [2.45, 2.75) is 24.7 Å². The maximum absolute atomic E-state index is 13.1. The number of carbonyl (C=O) groups excluding carboxylic acids is 1. The molecular formula is C21H24N4O6S2. The fourth-order valence-electron chi connectivity index (χ4n) is 3.83.